The van der Waals surface area contributed by atoms with Gasteiger partial charge < -0.3 is 19.1 Å². The average Bonchev–Trinajstić information content (AvgIpc) is 3.09. The van der Waals surface area contributed by atoms with Gasteiger partial charge in [0.1, 0.15) is 11.9 Å². The summed E-state index contributed by atoms with van der Waals surface area (Å²) >= 11 is 6.01. The topological polar surface area (TPSA) is 73.8 Å². The van der Waals surface area contributed by atoms with Gasteiger partial charge in [0.05, 0.1) is 38.7 Å². The molecule has 7 nitrogen and oxygen atoms in total. The van der Waals surface area contributed by atoms with Gasteiger partial charge >= 0.3 is 0 Å². The Balaban J connectivity index is 1.68. The molecule has 1 saturated heterocycles. The van der Waals surface area contributed by atoms with Crippen molar-refractivity contribution < 1.29 is 19.0 Å². The van der Waals surface area contributed by atoms with Crippen LogP contribution < -0.4 is 14.2 Å². The van der Waals surface area contributed by atoms with E-state index in [-0.39, 0.29) is 12.0 Å². The van der Waals surface area contributed by atoms with Crippen molar-refractivity contribution in [2.24, 2.45) is 0 Å². The van der Waals surface area contributed by atoms with Crippen molar-refractivity contribution in [2.45, 2.75) is 12.5 Å². The van der Waals surface area contributed by atoms with Gasteiger partial charge in [-0.2, -0.15) is 4.98 Å². The molecule has 0 unspecified atom stereocenters. The van der Waals surface area contributed by atoms with E-state index in [2.05, 4.69) is 9.97 Å². The number of carbonyl (C=O) groups is 1. The molecule has 0 saturated carbocycles. The van der Waals surface area contributed by atoms with Gasteiger partial charge in [-0.15, -0.1) is 0 Å². The molecule has 25 heavy (non-hydrogen) atoms. The van der Waals surface area contributed by atoms with Crippen molar-refractivity contribution in [3.8, 4) is 17.5 Å². The van der Waals surface area contributed by atoms with Crippen LogP contribution in [0.3, 0.4) is 0 Å². The lowest BCUT2D eigenvalue weighted by Gasteiger charge is -2.18. The smallest absolute Gasteiger partial charge is 0.257 e. The summed E-state index contributed by atoms with van der Waals surface area (Å²) in [5, 5.41) is 0.489. The molecule has 1 aliphatic rings. The third-order valence-corrected chi connectivity index (χ3v) is 4.15. The molecule has 1 aromatic carbocycles. The number of hydrogen-bond acceptors (Lipinski definition) is 6. The van der Waals surface area contributed by atoms with Crippen molar-refractivity contribution in [2.75, 3.05) is 27.3 Å². The summed E-state index contributed by atoms with van der Waals surface area (Å²) in [6.45, 7) is 1.03. The summed E-state index contributed by atoms with van der Waals surface area (Å²) in [5.41, 5.74) is 0.442. The van der Waals surface area contributed by atoms with Crippen molar-refractivity contribution in [3.63, 3.8) is 0 Å². The molecule has 8 heteroatoms. The van der Waals surface area contributed by atoms with E-state index in [1.54, 1.807) is 23.1 Å². The van der Waals surface area contributed by atoms with E-state index < -0.39 is 0 Å². The van der Waals surface area contributed by atoms with Crippen LogP contribution in [0, 0.1) is 0 Å². The summed E-state index contributed by atoms with van der Waals surface area (Å²) in [7, 11) is 3.04. The van der Waals surface area contributed by atoms with Crippen molar-refractivity contribution in [3.05, 3.63) is 41.2 Å². The first-order valence-electron chi connectivity index (χ1n) is 7.76. The van der Waals surface area contributed by atoms with Crippen molar-refractivity contribution >= 4 is 17.5 Å². The highest BCUT2D eigenvalue weighted by molar-refractivity contribution is 6.31. The number of rotatable bonds is 5. The molecule has 0 spiro atoms. The monoisotopic (exact) mass is 363 g/mol. The number of ether oxygens (including phenoxy) is 3. The first-order chi connectivity index (χ1) is 12.1. The Kier molecular flexibility index (Phi) is 5.23. The fraction of sp³-hybridized carbons (Fsp3) is 0.353. The number of likely N-dealkylation sites (tertiary alicyclic amines) is 1. The lowest BCUT2D eigenvalue weighted by molar-refractivity contribution is 0.0767. The van der Waals surface area contributed by atoms with Gasteiger partial charge in [0.2, 0.25) is 11.8 Å². The van der Waals surface area contributed by atoms with E-state index in [9.17, 15) is 4.79 Å². The minimum absolute atomic E-state index is 0.137. The van der Waals surface area contributed by atoms with E-state index in [4.69, 9.17) is 25.8 Å². The second-order valence-electron chi connectivity index (χ2n) is 5.52. The zero-order valence-electron chi connectivity index (χ0n) is 13.9. The fourth-order valence-electron chi connectivity index (χ4n) is 2.68. The predicted molar refractivity (Wildman–Crippen MR) is 91.5 cm³/mol. The van der Waals surface area contributed by atoms with Crippen LogP contribution >= 0.6 is 11.6 Å². The molecule has 0 bridgehead atoms. The average molecular weight is 364 g/mol. The standard InChI is InChI=1S/C17H18ClN3O4/c1-23-14-4-3-11(18)7-13(14)17(22)21-6-5-12(10-21)25-16-9-19-8-15(20-16)24-2/h3-4,7-9,12H,5-6,10H2,1-2H3/t12-/m0/s1. The van der Waals surface area contributed by atoms with Crippen molar-refractivity contribution in [1.29, 1.82) is 0 Å². The molecule has 2 aromatic rings. The summed E-state index contributed by atoms with van der Waals surface area (Å²) < 4.78 is 16.1. The number of aromatic nitrogens is 2. The number of amides is 1. The Bertz CT molecular complexity index is 771. The summed E-state index contributed by atoms with van der Waals surface area (Å²) in [4.78, 5) is 22.7. The molecule has 0 radical (unpaired) electrons. The largest absolute Gasteiger partial charge is 0.496 e. The van der Waals surface area contributed by atoms with E-state index in [0.29, 0.717) is 47.6 Å². The first-order valence-corrected chi connectivity index (χ1v) is 8.14. The molecule has 0 N–H and O–H groups in total. The van der Waals surface area contributed by atoms with Crippen LogP contribution in [0.1, 0.15) is 16.8 Å². The lowest BCUT2D eigenvalue weighted by Crippen LogP contribution is -2.31. The number of carbonyl (C=O) groups excluding carboxylic acids is 1. The van der Waals surface area contributed by atoms with E-state index >= 15 is 0 Å². The molecule has 1 amide bonds. The quantitative estimate of drug-likeness (QED) is 0.812. The molecule has 1 aliphatic heterocycles. The molecule has 1 fully saturated rings. The third-order valence-electron chi connectivity index (χ3n) is 3.91. The van der Waals surface area contributed by atoms with Crippen LogP contribution in [0.2, 0.25) is 5.02 Å². The molecule has 2 heterocycles. The normalized spacial score (nSPS) is 16.6. The summed E-state index contributed by atoms with van der Waals surface area (Å²) in [6, 6.07) is 4.99. The number of hydrogen-bond donors (Lipinski definition) is 0. The molecular weight excluding hydrogens is 346 g/mol. The Morgan fingerprint density at radius 2 is 2.04 bits per heavy atom. The second-order valence-corrected chi connectivity index (χ2v) is 5.96. The number of nitrogens with zero attached hydrogens (tertiary/aromatic N) is 3. The fourth-order valence-corrected chi connectivity index (χ4v) is 2.86. The molecule has 3 rings (SSSR count). The van der Waals surface area contributed by atoms with Gasteiger partial charge in [-0.05, 0) is 18.2 Å². The minimum Gasteiger partial charge on any atom is -0.496 e. The molecule has 0 aliphatic carbocycles. The van der Waals surface area contributed by atoms with E-state index in [0.717, 1.165) is 0 Å². The highest BCUT2D eigenvalue weighted by Crippen LogP contribution is 2.26. The number of benzene rings is 1. The maximum atomic E-state index is 12.8. The second kappa shape index (κ2) is 7.57. The first kappa shape index (κ1) is 17.3. The zero-order chi connectivity index (χ0) is 17.8. The maximum Gasteiger partial charge on any atom is 0.257 e. The van der Waals surface area contributed by atoms with Crippen LogP contribution in [-0.2, 0) is 0 Å². The van der Waals surface area contributed by atoms with Gasteiger partial charge in [-0.3, -0.25) is 9.78 Å². The number of halogens is 1. The molecule has 132 valence electrons. The van der Waals surface area contributed by atoms with Gasteiger partial charge in [-0.25, -0.2) is 0 Å². The number of methoxy groups -OCH3 is 2. The van der Waals surface area contributed by atoms with Crippen molar-refractivity contribution in [1.82, 2.24) is 14.9 Å². The van der Waals surface area contributed by atoms with Crippen LogP contribution in [0.25, 0.3) is 0 Å². The third kappa shape index (κ3) is 3.93. The summed E-state index contributed by atoms with van der Waals surface area (Å²) in [6.07, 6.45) is 3.57. The van der Waals surface area contributed by atoms with Gasteiger partial charge in [0, 0.05) is 18.0 Å². The van der Waals surface area contributed by atoms with Crippen LogP contribution in [-0.4, -0.2) is 54.2 Å². The zero-order valence-corrected chi connectivity index (χ0v) is 14.7. The minimum atomic E-state index is -0.157. The summed E-state index contributed by atoms with van der Waals surface area (Å²) in [5.74, 6) is 1.12. The van der Waals surface area contributed by atoms with Crippen LogP contribution in [0.5, 0.6) is 17.5 Å². The Hall–Kier alpha value is -2.54. The van der Waals surface area contributed by atoms with Gasteiger partial charge in [0.25, 0.3) is 5.91 Å². The predicted octanol–water partition coefficient (Wildman–Crippen LogP) is 2.44. The SMILES string of the molecule is COc1cncc(O[C@H]2CCN(C(=O)c3cc(Cl)ccc3OC)C2)n1. The molecular formula is C17H18ClN3O4. The highest BCUT2D eigenvalue weighted by Gasteiger charge is 2.30. The molecule has 1 atom stereocenters. The molecule has 1 aromatic heterocycles. The lowest BCUT2D eigenvalue weighted by atomic mass is 10.1. The van der Waals surface area contributed by atoms with Gasteiger partial charge in [0.15, 0.2) is 0 Å². The van der Waals surface area contributed by atoms with Crippen LogP contribution in [0.15, 0.2) is 30.6 Å². The van der Waals surface area contributed by atoms with E-state index in [1.165, 1.54) is 26.6 Å². The van der Waals surface area contributed by atoms with Gasteiger partial charge in [-0.1, -0.05) is 11.6 Å². The highest BCUT2D eigenvalue weighted by atomic mass is 35.5. The maximum absolute atomic E-state index is 12.8. The Morgan fingerprint density at radius 3 is 2.80 bits per heavy atom. The Labute approximate surface area is 150 Å². The van der Waals surface area contributed by atoms with E-state index in [1.807, 2.05) is 0 Å². The Morgan fingerprint density at radius 1 is 1.24 bits per heavy atom. The van der Waals surface area contributed by atoms with Crippen LogP contribution in [0.4, 0.5) is 0 Å².